The molecule has 0 spiro atoms. The van der Waals surface area contributed by atoms with E-state index in [1.165, 1.54) is 0 Å². The molecule has 0 bridgehead atoms. The number of aliphatic hydroxyl groups is 1. The summed E-state index contributed by atoms with van der Waals surface area (Å²) in [5.74, 6) is 0. The van der Waals surface area contributed by atoms with E-state index >= 15 is 0 Å². The van der Waals surface area contributed by atoms with E-state index in [2.05, 4.69) is 17.1 Å². The van der Waals surface area contributed by atoms with Gasteiger partial charge in [0.05, 0.1) is 17.9 Å². The zero-order chi connectivity index (χ0) is 13.2. The summed E-state index contributed by atoms with van der Waals surface area (Å²) >= 11 is 1.54. The maximum absolute atomic E-state index is 9.01. The highest BCUT2D eigenvalue weighted by Gasteiger charge is 2.19. The van der Waals surface area contributed by atoms with Crippen molar-refractivity contribution in [1.82, 2.24) is 4.98 Å². The lowest BCUT2D eigenvalue weighted by molar-refractivity contribution is 0.0192. The van der Waals surface area contributed by atoms with Gasteiger partial charge in [0.2, 0.25) is 0 Å². The predicted molar refractivity (Wildman–Crippen MR) is 73.5 cm³/mol. The summed E-state index contributed by atoms with van der Waals surface area (Å²) in [5, 5.41) is 11.8. The van der Waals surface area contributed by atoms with Gasteiger partial charge in [-0.05, 0) is 19.4 Å². The number of ether oxygens (including phenoxy) is 1. The van der Waals surface area contributed by atoms with Crippen LogP contribution in [0.1, 0.15) is 25.1 Å². The second kappa shape index (κ2) is 5.18. The van der Waals surface area contributed by atoms with Crippen LogP contribution in [0.15, 0.2) is 29.6 Å². The summed E-state index contributed by atoms with van der Waals surface area (Å²) in [5.41, 5.74) is 2.64. The van der Waals surface area contributed by atoms with Gasteiger partial charge in [-0.1, -0.05) is 24.3 Å². The molecular formula is C14H17NO2S. The molecule has 4 heteroatoms. The number of hydrogen-bond donors (Lipinski definition) is 1. The van der Waals surface area contributed by atoms with E-state index in [1.54, 1.807) is 18.4 Å². The molecule has 0 radical (unpaired) electrons. The molecular weight excluding hydrogens is 246 g/mol. The molecule has 1 aromatic heterocycles. The molecule has 0 aliphatic carbocycles. The van der Waals surface area contributed by atoms with Gasteiger partial charge in [0.15, 0.2) is 0 Å². The summed E-state index contributed by atoms with van der Waals surface area (Å²) < 4.78 is 5.44. The fourth-order valence-corrected chi connectivity index (χ4v) is 2.46. The highest BCUT2D eigenvalue weighted by molar-refractivity contribution is 7.13. The van der Waals surface area contributed by atoms with Crippen LogP contribution in [0, 0.1) is 0 Å². The Morgan fingerprint density at radius 2 is 1.94 bits per heavy atom. The Balaban J connectivity index is 2.27. The maximum atomic E-state index is 9.01. The van der Waals surface area contributed by atoms with Gasteiger partial charge < -0.3 is 9.84 Å². The van der Waals surface area contributed by atoms with Gasteiger partial charge in [0.1, 0.15) is 5.01 Å². The summed E-state index contributed by atoms with van der Waals surface area (Å²) in [4.78, 5) is 4.35. The molecule has 0 aliphatic rings. The number of rotatable bonds is 4. The first-order valence-electron chi connectivity index (χ1n) is 5.78. The third kappa shape index (κ3) is 2.61. The van der Waals surface area contributed by atoms with E-state index in [9.17, 15) is 0 Å². The second-order valence-electron chi connectivity index (χ2n) is 4.59. The van der Waals surface area contributed by atoms with Crippen LogP contribution >= 0.6 is 11.3 Å². The van der Waals surface area contributed by atoms with Gasteiger partial charge >= 0.3 is 0 Å². The van der Waals surface area contributed by atoms with E-state index in [0.29, 0.717) is 0 Å². The summed E-state index contributed by atoms with van der Waals surface area (Å²) in [6.07, 6.45) is 0. The van der Waals surface area contributed by atoms with Gasteiger partial charge in [0, 0.05) is 18.1 Å². The molecule has 0 atom stereocenters. The highest BCUT2D eigenvalue weighted by atomic mass is 32.1. The Kier molecular flexibility index (Phi) is 3.80. The average molecular weight is 263 g/mol. The largest absolute Gasteiger partial charge is 0.390 e. The molecule has 1 aromatic carbocycles. The highest BCUT2D eigenvalue weighted by Crippen LogP contribution is 2.28. The van der Waals surface area contributed by atoms with Crippen molar-refractivity contribution in [3.63, 3.8) is 0 Å². The topological polar surface area (TPSA) is 42.4 Å². The van der Waals surface area contributed by atoms with Crippen LogP contribution in [0.4, 0.5) is 0 Å². The number of methoxy groups -OCH3 is 1. The van der Waals surface area contributed by atoms with Crippen molar-refractivity contribution in [2.24, 2.45) is 0 Å². The minimum Gasteiger partial charge on any atom is -0.390 e. The van der Waals surface area contributed by atoms with Crippen molar-refractivity contribution in [2.75, 3.05) is 7.11 Å². The second-order valence-corrected chi connectivity index (χ2v) is 5.45. The Hall–Kier alpha value is -1.23. The lowest BCUT2D eigenvalue weighted by Gasteiger charge is -2.23. The zero-order valence-corrected chi connectivity index (χ0v) is 11.6. The van der Waals surface area contributed by atoms with Crippen LogP contribution < -0.4 is 0 Å². The van der Waals surface area contributed by atoms with Crippen molar-refractivity contribution < 1.29 is 9.84 Å². The van der Waals surface area contributed by atoms with Crippen LogP contribution in [0.5, 0.6) is 0 Å². The Morgan fingerprint density at radius 1 is 1.28 bits per heavy atom. The Morgan fingerprint density at radius 3 is 2.44 bits per heavy atom. The molecule has 1 heterocycles. The number of hydrogen-bond acceptors (Lipinski definition) is 4. The third-order valence-electron chi connectivity index (χ3n) is 3.05. The van der Waals surface area contributed by atoms with Crippen molar-refractivity contribution in [1.29, 1.82) is 0 Å². The van der Waals surface area contributed by atoms with E-state index in [1.807, 2.05) is 31.4 Å². The van der Waals surface area contributed by atoms with Gasteiger partial charge in [-0.3, -0.25) is 0 Å². The molecule has 3 nitrogen and oxygen atoms in total. The molecule has 0 aliphatic heterocycles. The number of benzene rings is 1. The van der Waals surface area contributed by atoms with Gasteiger partial charge in [-0.2, -0.15) is 0 Å². The van der Waals surface area contributed by atoms with Crippen molar-refractivity contribution >= 4 is 11.3 Å². The van der Waals surface area contributed by atoms with Crippen LogP contribution in [-0.4, -0.2) is 17.2 Å². The van der Waals surface area contributed by atoms with Crippen LogP contribution in [0.3, 0.4) is 0 Å². The molecule has 0 saturated heterocycles. The first-order chi connectivity index (χ1) is 8.56. The number of aromatic nitrogens is 1. The molecule has 2 aromatic rings. The molecule has 0 amide bonds. The van der Waals surface area contributed by atoms with Crippen molar-refractivity contribution in [3.8, 4) is 10.6 Å². The summed E-state index contributed by atoms with van der Waals surface area (Å²) in [6.45, 7) is 4.07. The van der Waals surface area contributed by atoms with Gasteiger partial charge in [0.25, 0.3) is 0 Å². The van der Waals surface area contributed by atoms with Crippen molar-refractivity contribution in [3.05, 3.63) is 40.9 Å². The van der Waals surface area contributed by atoms with E-state index < -0.39 is 0 Å². The Labute approximate surface area is 111 Å². The van der Waals surface area contributed by atoms with Gasteiger partial charge in [-0.25, -0.2) is 4.98 Å². The van der Waals surface area contributed by atoms with E-state index in [0.717, 1.165) is 21.8 Å². The lowest BCUT2D eigenvalue weighted by Crippen LogP contribution is -2.19. The monoisotopic (exact) mass is 263 g/mol. The van der Waals surface area contributed by atoms with Gasteiger partial charge in [-0.15, -0.1) is 11.3 Å². The quantitative estimate of drug-likeness (QED) is 0.921. The number of thiazole rings is 1. The molecule has 0 fully saturated rings. The first kappa shape index (κ1) is 13.2. The average Bonchev–Trinajstić information content (AvgIpc) is 2.87. The number of aliphatic hydroxyl groups excluding tert-OH is 1. The first-order valence-corrected chi connectivity index (χ1v) is 6.66. The standard InChI is InChI=1S/C14H17NO2S/c1-14(2,17-3)11-6-4-10(5-7-11)13-15-12(8-16)9-18-13/h4-7,9,16H,8H2,1-3H3. The molecule has 96 valence electrons. The number of nitrogens with zero attached hydrogens (tertiary/aromatic N) is 1. The molecule has 1 N–H and O–H groups in total. The SMILES string of the molecule is COC(C)(C)c1ccc(-c2nc(CO)cs2)cc1. The smallest absolute Gasteiger partial charge is 0.123 e. The fourth-order valence-electron chi connectivity index (χ4n) is 1.64. The van der Waals surface area contributed by atoms with Crippen LogP contribution in [0.2, 0.25) is 0 Å². The third-order valence-corrected chi connectivity index (χ3v) is 3.99. The fraction of sp³-hybridized carbons (Fsp3) is 0.357. The summed E-state index contributed by atoms with van der Waals surface area (Å²) in [7, 11) is 1.71. The van der Waals surface area contributed by atoms with E-state index in [-0.39, 0.29) is 12.2 Å². The van der Waals surface area contributed by atoms with Crippen LogP contribution in [-0.2, 0) is 16.9 Å². The molecule has 2 rings (SSSR count). The predicted octanol–water partition coefficient (Wildman–Crippen LogP) is 3.18. The van der Waals surface area contributed by atoms with E-state index in [4.69, 9.17) is 9.84 Å². The Bertz CT molecular complexity index is 517. The zero-order valence-electron chi connectivity index (χ0n) is 10.8. The molecule has 0 saturated carbocycles. The molecule has 0 unspecified atom stereocenters. The van der Waals surface area contributed by atoms with Crippen LogP contribution in [0.25, 0.3) is 10.6 Å². The minimum atomic E-state index is -0.280. The minimum absolute atomic E-state index is 0.00864. The summed E-state index contributed by atoms with van der Waals surface area (Å²) in [6, 6.07) is 8.18. The molecule has 18 heavy (non-hydrogen) atoms. The van der Waals surface area contributed by atoms with Crippen molar-refractivity contribution in [2.45, 2.75) is 26.1 Å². The normalized spacial score (nSPS) is 11.8. The maximum Gasteiger partial charge on any atom is 0.123 e. The lowest BCUT2D eigenvalue weighted by atomic mass is 9.97.